The monoisotopic (exact) mass is 240 g/mol. The van der Waals surface area contributed by atoms with Crippen molar-refractivity contribution in [2.45, 2.75) is 64.1 Å². The Morgan fingerprint density at radius 1 is 0.824 bits per heavy atom. The van der Waals surface area contributed by atoms with E-state index in [1.807, 2.05) is 0 Å². The maximum absolute atomic E-state index is 5.75. The fourth-order valence-corrected chi connectivity index (χ4v) is 4.23. The molecule has 0 heterocycles. The van der Waals surface area contributed by atoms with Crippen molar-refractivity contribution in [2.75, 3.05) is 14.2 Å². The Bertz CT molecular complexity index is 207. The fourth-order valence-electron chi connectivity index (χ4n) is 4.23. The number of hydrogen-bond acceptors (Lipinski definition) is 2. The average Bonchev–Trinajstić information content (AvgIpc) is 3.02. The Morgan fingerprint density at radius 3 is 1.47 bits per heavy atom. The smallest absolute Gasteiger partial charge is 0.168 e. The van der Waals surface area contributed by atoms with Crippen LogP contribution in [0.5, 0.6) is 0 Å². The first-order valence-corrected chi connectivity index (χ1v) is 7.31. The van der Waals surface area contributed by atoms with Gasteiger partial charge < -0.3 is 9.47 Å². The highest BCUT2D eigenvalue weighted by molar-refractivity contribution is 4.90. The summed E-state index contributed by atoms with van der Waals surface area (Å²) in [5, 5.41) is 0. The van der Waals surface area contributed by atoms with Gasteiger partial charge in [-0.2, -0.15) is 0 Å². The third kappa shape index (κ3) is 2.68. The van der Waals surface area contributed by atoms with Crippen molar-refractivity contribution in [1.29, 1.82) is 0 Å². The van der Waals surface area contributed by atoms with Gasteiger partial charge in [0.15, 0.2) is 5.79 Å². The van der Waals surface area contributed by atoms with Crippen molar-refractivity contribution in [2.24, 2.45) is 17.8 Å². The van der Waals surface area contributed by atoms with Crippen LogP contribution in [0.15, 0.2) is 0 Å². The molecule has 2 fully saturated rings. The van der Waals surface area contributed by atoms with Gasteiger partial charge in [-0.15, -0.1) is 0 Å². The molecule has 0 unspecified atom stereocenters. The van der Waals surface area contributed by atoms with Crippen molar-refractivity contribution in [1.82, 2.24) is 0 Å². The Labute approximate surface area is 106 Å². The summed E-state index contributed by atoms with van der Waals surface area (Å²) in [5.74, 6) is 1.87. The van der Waals surface area contributed by atoms with Crippen molar-refractivity contribution in [3.8, 4) is 0 Å². The summed E-state index contributed by atoms with van der Waals surface area (Å²) in [6.07, 6.45) is 11.1. The second kappa shape index (κ2) is 5.71. The second-order valence-corrected chi connectivity index (χ2v) is 6.04. The zero-order chi connectivity index (χ0) is 12.3. The van der Waals surface area contributed by atoms with E-state index in [1.54, 1.807) is 14.2 Å². The molecule has 0 aromatic carbocycles. The minimum absolute atomic E-state index is 0.371. The van der Waals surface area contributed by atoms with Gasteiger partial charge in [0.25, 0.3) is 0 Å². The molecule has 2 nitrogen and oxygen atoms in total. The van der Waals surface area contributed by atoms with Crippen molar-refractivity contribution in [3.63, 3.8) is 0 Å². The molecule has 2 aliphatic carbocycles. The van der Waals surface area contributed by atoms with Crippen LogP contribution in [0.2, 0.25) is 0 Å². The van der Waals surface area contributed by atoms with Gasteiger partial charge in [0.05, 0.1) is 0 Å². The molecule has 100 valence electrons. The molecule has 2 heteroatoms. The van der Waals surface area contributed by atoms with Gasteiger partial charge in [-0.05, 0) is 44.4 Å². The average molecular weight is 240 g/mol. The first kappa shape index (κ1) is 13.4. The Kier molecular flexibility index (Phi) is 4.48. The van der Waals surface area contributed by atoms with Gasteiger partial charge in [-0.25, -0.2) is 0 Å². The van der Waals surface area contributed by atoms with Crippen LogP contribution < -0.4 is 0 Å². The van der Waals surface area contributed by atoms with E-state index in [2.05, 4.69) is 6.92 Å². The van der Waals surface area contributed by atoms with E-state index in [1.165, 1.54) is 51.4 Å². The molecular formula is C15H28O2. The Balaban J connectivity index is 2.15. The highest BCUT2D eigenvalue weighted by Crippen LogP contribution is 2.47. The zero-order valence-corrected chi connectivity index (χ0v) is 11.7. The van der Waals surface area contributed by atoms with Gasteiger partial charge in [0.1, 0.15) is 0 Å². The standard InChI is InChI=1S/C15H28O2/c1-15(16-2,17-3)14(12-8-4-5-9-12)13-10-6-7-11-13/h12-14H,4-11H2,1-3H3. The summed E-state index contributed by atoms with van der Waals surface area (Å²) < 4.78 is 11.5. The fraction of sp³-hybridized carbons (Fsp3) is 1.00. The van der Waals surface area contributed by atoms with E-state index in [0.717, 1.165) is 11.8 Å². The van der Waals surface area contributed by atoms with E-state index in [4.69, 9.17) is 9.47 Å². The lowest BCUT2D eigenvalue weighted by Gasteiger charge is -2.42. The predicted octanol–water partition coefficient (Wildman–Crippen LogP) is 3.99. The van der Waals surface area contributed by atoms with Gasteiger partial charge in [0.2, 0.25) is 0 Å². The van der Waals surface area contributed by atoms with Crippen LogP contribution in [0.3, 0.4) is 0 Å². The topological polar surface area (TPSA) is 18.5 Å². The molecule has 17 heavy (non-hydrogen) atoms. The number of ether oxygens (including phenoxy) is 2. The van der Waals surface area contributed by atoms with Crippen LogP contribution in [-0.4, -0.2) is 20.0 Å². The lowest BCUT2D eigenvalue weighted by atomic mass is 9.74. The predicted molar refractivity (Wildman–Crippen MR) is 69.8 cm³/mol. The lowest BCUT2D eigenvalue weighted by molar-refractivity contribution is -0.248. The summed E-state index contributed by atoms with van der Waals surface area (Å²) >= 11 is 0. The molecule has 0 bridgehead atoms. The summed E-state index contributed by atoms with van der Waals surface area (Å²) in [5.41, 5.74) is 0. The minimum Gasteiger partial charge on any atom is -0.353 e. The van der Waals surface area contributed by atoms with Gasteiger partial charge in [-0.1, -0.05) is 25.7 Å². The highest BCUT2D eigenvalue weighted by atomic mass is 16.7. The molecule has 2 rings (SSSR count). The lowest BCUT2D eigenvalue weighted by Crippen LogP contribution is -2.45. The summed E-state index contributed by atoms with van der Waals surface area (Å²) in [6.45, 7) is 2.15. The van der Waals surface area contributed by atoms with E-state index in [-0.39, 0.29) is 5.79 Å². The quantitative estimate of drug-likeness (QED) is 0.676. The van der Waals surface area contributed by atoms with E-state index in [9.17, 15) is 0 Å². The summed E-state index contributed by atoms with van der Waals surface area (Å²) in [7, 11) is 3.61. The van der Waals surface area contributed by atoms with Crippen LogP contribution >= 0.6 is 0 Å². The van der Waals surface area contributed by atoms with Gasteiger partial charge >= 0.3 is 0 Å². The molecule has 0 N–H and O–H groups in total. The molecule has 0 atom stereocenters. The molecule has 0 radical (unpaired) electrons. The first-order valence-electron chi connectivity index (χ1n) is 7.31. The molecule has 2 saturated carbocycles. The zero-order valence-electron chi connectivity index (χ0n) is 11.7. The number of methoxy groups -OCH3 is 2. The summed E-state index contributed by atoms with van der Waals surface area (Å²) in [4.78, 5) is 0. The van der Waals surface area contributed by atoms with Crippen LogP contribution in [-0.2, 0) is 9.47 Å². The first-order chi connectivity index (χ1) is 8.21. The van der Waals surface area contributed by atoms with Crippen molar-refractivity contribution < 1.29 is 9.47 Å². The molecule has 0 aromatic rings. The molecule has 0 saturated heterocycles. The second-order valence-electron chi connectivity index (χ2n) is 6.04. The SMILES string of the molecule is COC(C)(OC)C(C1CCCC1)C1CCCC1. The van der Waals surface area contributed by atoms with Crippen LogP contribution in [0, 0.1) is 17.8 Å². The molecule has 0 amide bonds. The molecule has 2 aliphatic rings. The van der Waals surface area contributed by atoms with Crippen molar-refractivity contribution >= 4 is 0 Å². The van der Waals surface area contributed by atoms with Gasteiger partial charge in [0, 0.05) is 20.1 Å². The number of rotatable bonds is 5. The summed E-state index contributed by atoms with van der Waals surface area (Å²) in [6, 6.07) is 0. The van der Waals surface area contributed by atoms with Crippen LogP contribution in [0.25, 0.3) is 0 Å². The molecule has 0 aromatic heterocycles. The maximum Gasteiger partial charge on any atom is 0.168 e. The van der Waals surface area contributed by atoms with Crippen LogP contribution in [0.4, 0.5) is 0 Å². The normalized spacial score (nSPS) is 24.0. The molecule has 0 aliphatic heterocycles. The minimum atomic E-state index is -0.371. The maximum atomic E-state index is 5.75. The highest BCUT2D eigenvalue weighted by Gasteiger charge is 2.45. The molecule has 0 spiro atoms. The van der Waals surface area contributed by atoms with E-state index in [0.29, 0.717) is 5.92 Å². The van der Waals surface area contributed by atoms with Crippen LogP contribution in [0.1, 0.15) is 58.3 Å². The Morgan fingerprint density at radius 2 is 1.18 bits per heavy atom. The Hall–Kier alpha value is -0.0800. The van der Waals surface area contributed by atoms with E-state index >= 15 is 0 Å². The third-order valence-electron chi connectivity index (χ3n) is 5.23. The van der Waals surface area contributed by atoms with E-state index < -0.39 is 0 Å². The van der Waals surface area contributed by atoms with Crippen molar-refractivity contribution in [3.05, 3.63) is 0 Å². The third-order valence-corrected chi connectivity index (χ3v) is 5.23. The number of hydrogen-bond donors (Lipinski definition) is 0. The largest absolute Gasteiger partial charge is 0.353 e. The van der Waals surface area contributed by atoms with Gasteiger partial charge in [-0.3, -0.25) is 0 Å². The molecular weight excluding hydrogens is 212 g/mol.